The van der Waals surface area contributed by atoms with Crippen LogP contribution >= 0.6 is 11.3 Å². The SMILES string of the molecule is CC(C)C1(c2cccs2)NC(=O)N(CC(=O)O)C1=O. The van der Waals surface area contributed by atoms with Crippen molar-refractivity contribution in [1.29, 1.82) is 0 Å². The topological polar surface area (TPSA) is 86.7 Å². The van der Waals surface area contributed by atoms with Gasteiger partial charge in [-0.05, 0) is 17.4 Å². The summed E-state index contributed by atoms with van der Waals surface area (Å²) in [6.07, 6.45) is 0. The van der Waals surface area contributed by atoms with E-state index < -0.39 is 30.0 Å². The molecule has 0 saturated carbocycles. The van der Waals surface area contributed by atoms with Crippen molar-refractivity contribution in [3.8, 4) is 0 Å². The molecule has 19 heavy (non-hydrogen) atoms. The fraction of sp³-hybridized carbons (Fsp3) is 0.417. The van der Waals surface area contributed by atoms with Crippen molar-refractivity contribution in [3.05, 3.63) is 22.4 Å². The number of imide groups is 1. The molecule has 1 saturated heterocycles. The van der Waals surface area contributed by atoms with Gasteiger partial charge in [0.15, 0.2) is 5.54 Å². The van der Waals surface area contributed by atoms with Crippen molar-refractivity contribution in [2.24, 2.45) is 5.92 Å². The molecule has 2 rings (SSSR count). The van der Waals surface area contributed by atoms with Crippen LogP contribution in [0.2, 0.25) is 0 Å². The van der Waals surface area contributed by atoms with Gasteiger partial charge in [-0.25, -0.2) is 4.79 Å². The van der Waals surface area contributed by atoms with E-state index in [4.69, 9.17) is 5.11 Å². The monoisotopic (exact) mass is 282 g/mol. The molecule has 1 aliphatic rings. The van der Waals surface area contributed by atoms with Crippen LogP contribution in [0.4, 0.5) is 4.79 Å². The average molecular weight is 282 g/mol. The van der Waals surface area contributed by atoms with Gasteiger partial charge < -0.3 is 10.4 Å². The Morgan fingerprint density at radius 3 is 2.68 bits per heavy atom. The zero-order chi connectivity index (χ0) is 14.2. The molecule has 102 valence electrons. The highest BCUT2D eigenvalue weighted by molar-refractivity contribution is 7.10. The van der Waals surface area contributed by atoms with E-state index in [0.29, 0.717) is 4.88 Å². The first-order chi connectivity index (χ1) is 8.89. The molecule has 1 fully saturated rings. The highest BCUT2D eigenvalue weighted by Gasteiger charge is 2.55. The lowest BCUT2D eigenvalue weighted by Gasteiger charge is -2.29. The molecule has 2 heterocycles. The Kier molecular flexibility index (Phi) is 3.32. The molecule has 0 spiro atoms. The molecule has 7 heteroatoms. The Morgan fingerprint density at radius 2 is 2.21 bits per heavy atom. The third-order valence-electron chi connectivity index (χ3n) is 3.20. The molecule has 1 aliphatic heterocycles. The van der Waals surface area contributed by atoms with E-state index in [1.165, 1.54) is 11.3 Å². The first-order valence-corrected chi connectivity index (χ1v) is 6.67. The molecule has 0 bridgehead atoms. The normalized spacial score (nSPS) is 23.0. The number of carboxylic acid groups (broad SMARTS) is 1. The van der Waals surface area contributed by atoms with Crippen LogP contribution < -0.4 is 5.32 Å². The molecular weight excluding hydrogens is 268 g/mol. The predicted molar refractivity (Wildman–Crippen MR) is 68.7 cm³/mol. The molecule has 1 aromatic heterocycles. The zero-order valence-corrected chi connectivity index (χ0v) is 11.4. The highest BCUT2D eigenvalue weighted by Crippen LogP contribution is 2.38. The van der Waals surface area contributed by atoms with Crippen molar-refractivity contribution in [3.63, 3.8) is 0 Å². The number of carboxylic acids is 1. The first kappa shape index (κ1) is 13.5. The summed E-state index contributed by atoms with van der Waals surface area (Å²) < 4.78 is 0. The van der Waals surface area contributed by atoms with Gasteiger partial charge in [0, 0.05) is 4.88 Å². The maximum absolute atomic E-state index is 12.5. The largest absolute Gasteiger partial charge is 0.480 e. The fourth-order valence-electron chi connectivity index (χ4n) is 2.22. The summed E-state index contributed by atoms with van der Waals surface area (Å²) in [4.78, 5) is 36.6. The summed E-state index contributed by atoms with van der Waals surface area (Å²) in [5.41, 5.74) is -1.15. The summed E-state index contributed by atoms with van der Waals surface area (Å²) in [6.45, 7) is 3.02. The number of amides is 3. The van der Waals surface area contributed by atoms with Crippen LogP contribution in [-0.2, 0) is 15.1 Å². The second kappa shape index (κ2) is 4.65. The van der Waals surface area contributed by atoms with Gasteiger partial charge in [-0.1, -0.05) is 19.9 Å². The quantitative estimate of drug-likeness (QED) is 0.813. The van der Waals surface area contributed by atoms with Crippen LogP contribution in [0.3, 0.4) is 0 Å². The predicted octanol–water partition coefficient (Wildman–Crippen LogP) is 1.24. The van der Waals surface area contributed by atoms with Gasteiger partial charge in [0.1, 0.15) is 6.54 Å². The molecule has 3 amide bonds. The standard InChI is InChI=1S/C12H14N2O4S/c1-7(2)12(8-4-3-5-19-8)10(17)14(6-9(15)16)11(18)13-12/h3-5,7H,6H2,1-2H3,(H,13,18)(H,15,16). The van der Waals surface area contributed by atoms with E-state index in [-0.39, 0.29) is 5.92 Å². The van der Waals surface area contributed by atoms with Crippen LogP contribution in [0.15, 0.2) is 17.5 Å². The Morgan fingerprint density at radius 1 is 1.53 bits per heavy atom. The Hall–Kier alpha value is -1.89. The molecule has 0 aliphatic carbocycles. The number of rotatable bonds is 4. The minimum Gasteiger partial charge on any atom is -0.480 e. The van der Waals surface area contributed by atoms with Gasteiger partial charge in [0.25, 0.3) is 5.91 Å². The van der Waals surface area contributed by atoms with Crippen molar-refractivity contribution in [1.82, 2.24) is 10.2 Å². The van der Waals surface area contributed by atoms with Crippen LogP contribution in [0.1, 0.15) is 18.7 Å². The summed E-state index contributed by atoms with van der Waals surface area (Å²) in [5, 5.41) is 13.3. The number of nitrogens with zero attached hydrogens (tertiary/aromatic N) is 1. The molecule has 0 aromatic carbocycles. The summed E-state index contributed by atoms with van der Waals surface area (Å²) in [5.74, 6) is -1.90. The van der Waals surface area contributed by atoms with Crippen molar-refractivity contribution >= 4 is 29.2 Å². The number of aliphatic carboxylic acids is 1. The number of thiophene rings is 1. The van der Waals surface area contributed by atoms with Crippen LogP contribution in [-0.4, -0.2) is 34.5 Å². The second-order valence-electron chi connectivity index (χ2n) is 4.66. The maximum Gasteiger partial charge on any atom is 0.325 e. The lowest BCUT2D eigenvalue weighted by atomic mass is 9.85. The number of carbonyl (C=O) groups is 3. The lowest BCUT2D eigenvalue weighted by molar-refractivity contribution is -0.143. The molecule has 0 radical (unpaired) electrons. The van der Waals surface area contributed by atoms with E-state index in [1.54, 1.807) is 12.1 Å². The average Bonchev–Trinajstić information content (AvgIpc) is 2.91. The minimum atomic E-state index is -1.21. The number of hydrogen-bond acceptors (Lipinski definition) is 4. The molecule has 1 atom stereocenters. The van der Waals surface area contributed by atoms with Crippen molar-refractivity contribution < 1.29 is 19.5 Å². The van der Waals surface area contributed by atoms with Crippen LogP contribution in [0.5, 0.6) is 0 Å². The van der Waals surface area contributed by atoms with Crippen molar-refractivity contribution in [2.75, 3.05) is 6.54 Å². The number of carbonyl (C=O) groups excluding carboxylic acids is 2. The van der Waals surface area contributed by atoms with Gasteiger partial charge in [0.05, 0.1) is 0 Å². The first-order valence-electron chi connectivity index (χ1n) is 5.79. The third kappa shape index (κ3) is 1.99. The molecule has 1 unspecified atom stereocenters. The van der Waals surface area contributed by atoms with Gasteiger partial charge in [-0.2, -0.15) is 0 Å². The van der Waals surface area contributed by atoms with Gasteiger partial charge >= 0.3 is 12.0 Å². The number of hydrogen-bond donors (Lipinski definition) is 2. The molecular formula is C12H14N2O4S. The summed E-state index contributed by atoms with van der Waals surface area (Å²) >= 11 is 1.36. The van der Waals surface area contributed by atoms with Crippen molar-refractivity contribution in [2.45, 2.75) is 19.4 Å². The van der Waals surface area contributed by atoms with E-state index in [1.807, 2.05) is 19.2 Å². The Labute approximate surface area is 114 Å². The second-order valence-corrected chi connectivity index (χ2v) is 5.60. The van der Waals surface area contributed by atoms with Gasteiger partial charge in [-0.15, -0.1) is 11.3 Å². The molecule has 2 N–H and O–H groups in total. The Balaban J connectivity index is 2.45. The molecule has 6 nitrogen and oxygen atoms in total. The minimum absolute atomic E-state index is 0.179. The zero-order valence-electron chi connectivity index (χ0n) is 10.5. The van der Waals surface area contributed by atoms with Gasteiger partial charge in [0.2, 0.25) is 0 Å². The molecule has 1 aromatic rings. The van der Waals surface area contributed by atoms with E-state index in [9.17, 15) is 14.4 Å². The van der Waals surface area contributed by atoms with E-state index in [2.05, 4.69) is 5.32 Å². The smallest absolute Gasteiger partial charge is 0.325 e. The Bertz CT molecular complexity index is 526. The lowest BCUT2D eigenvalue weighted by Crippen LogP contribution is -2.48. The number of nitrogens with one attached hydrogen (secondary N) is 1. The number of urea groups is 1. The van der Waals surface area contributed by atoms with Crippen LogP contribution in [0, 0.1) is 5.92 Å². The highest BCUT2D eigenvalue weighted by atomic mass is 32.1. The van der Waals surface area contributed by atoms with E-state index in [0.717, 1.165) is 4.90 Å². The maximum atomic E-state index is 12.5. The third-order valence-corrected chi connectivity index (χ3v) is 4.21. The summed E-state index contributed by atoms with van der Waals surface area (Å²) in [7, 11) is 0. The van der Waals surface area contributed by atoms with E-state index >= 15 is 0 Å². The van der Waals surface area contributed by atoms with Gasteiger partial charge in [-0.3, -0.25) is 14.5 Å². The summed E-state index contributed by atoms with van der Waals surface area (Å²) in [6, 6.07) is 2.91. The van der Waals surface area contributed by atoms with Crippen LogP contribution in [0.25, 0.3) is 0 Å². The fourth-order valence-corrected chi connectivity index (χ4v) is 3.24.